The van der Waals surface area contributed by atoms with E-state index in [0.717, 1.165) is 23.1 Å². The molecule has 3 rings (SSSR count). The van der Waals surface area contributed by atoms with Gasteiger partial charge in [0.1, 0.15) is 5.75 Å². The van der Waals surface area contributed by atoms with Crippen LogP contribution in [0.3, 0.4) is 0 Å². The molecule has 0 aliphatic heterocycles. The Kier molecular flexibility index (Phi) is 5.92. The van der Waals surface area contributed by atoms with Crippen LogP contribution in [0.1, 0.15) is 36.8 Å². The Labute approximate surface area is 156 Å². The normalized spacial score (nSPS) is 14.3. The smallest absolute Gasteiger partial charge is 0.173 e. The van der Waals surface area contributed by atoms with Gasteiger partial charge in [0.15, 0.2) is 5.11 Å². The highest BCUT2D eigenvalue weighted by Gasteiger charge is 2.25. The summed E-state index contributed by atoms with van der Waals surface area (Å²) >= 11 is 5.79. The van der Waals surface area contributed by atoms with Gasteiger partial charge in [-0.25, -0.2) is 0 Å². The third kappa shape index (κ3) is 4.51. The van der Waals surface area contributed by atoms with E-state index in [-0.39, 0.29) is 0 Å². The van der Waals surface area contributed by atoms with E-state index >= 15 is 0 Å². The van der Waals surface area contributed by atoms with Gasteiger partial charge in [-0.3, -0.25) is 0 Å². The van der Waals surface area contributed by atoms with Crippen molar-refractivity contribution in [3.63, 3.8) is 0 Å². The molecule has 1 aliphatic rings. The number of methoxy groups -OCH3 is 1. The van der Waals surface area contributed by atoms with Crippen molar-refractivity contribution in [2.45, 2.75) is 45.2 Å². The molecular formula is C21H26N2OS. The lowest BCUT2D eigenvalue weighted by molar-refractivity contribution is 0.305. The van der Waals surface area contributed by atoms with Crippen molar-refractivity contribution >= 4 is 23.0 Å². The highest BCUT2D eigenvalue weighted by Crippen LogP contribution is 2.28. The number of benzene rings is 2. The zero-order chi connectivity index (χ0) is 17.6. The molecule has 132 valence electrons. The number of hydrogen-bond acceptors (Lipinski definition) is 2. The highest BCUT2D eigenvalue weighted by atomic mass is 32.1. The molecule has 0 aromatic heterocycles. The minimum Gasteiger partial charge on any atom is -0.496 e. The molecule has 1 N–H and O–H groups in total. The third-order valence-electron chi connectivity index (χ3n) is 4.83. The fraction of sp³-hybridized carbons (Fsp3) is 0.381. The maximum absolute atomic E-state index is 5.79. The molecule has 1 fully saturated rings. The molecule has 0 radical (unpaired) electrons. The van der Waals surface area contributed by atoms with Crippen molar-refractivity contribution in [1.29, 1.82) is 0 Å². The number of thiocarbonyl (C=S) groups is 1. The number of ether oxygens (including phenoxy) is 1. The van der Waals surface area contributed by atoms with E-state index in [2.05, 4.69) is 53.5 Å². The summed E-state index contributed by atoms with van der Waals surface area (Å²) < 4.78 is 5.53. The first-order valence-corrected chi connectivity index (χ1v) is 9.34. The number of para-hydroxylation sites is 1. The summed E-state index contributed by atoms with van der Waals surface area (Å²) in [5, 5.41) is 4.23. The largest absolute Gasteiger partial charge is 0.496 e. The van der Waals surface area contributed by atoms with E-state index < -0.39 is 0 Å². The summed E-state index contributed by atoms with van der Waals surface area (Å²) in [5.41, 5.74) is 3.45. The minimum atomic E-state index is 0.495. The van der Waals surface area contributed by atoms with E-state index in [1.54, 1.807) is 7.11 Å². The fourth-order valence-corrected chi connectivity index (χ4v) is 3.85. The van der Waals surface area contributed by atoms with Crippen LogP contribution in [-0.2, 0) is 6.54 Å². The van der Waals surface area contributed by atoms with Gasteiger partial charge in [-0.2, -0.15) is 0 Å². The first-order chi connectivity index (χ1) is 12.2. The van der Waals surface area contributed by atoms with E-state index in [1.165, 1.54) is 36.8 Å². The Bertz CT molecular complexity index is 725. The first-order valence-electron chi connectivity index (χ1n) is 8.93. The molecule has 0 saturated heterocycles. The molecule has 0 atom stereocenters. The lowest BCUT2D eigenvalue weighted by Crippen LogP contribution is -2.41. The molecule has 2 aromatic carbocycles. The molecular weight excluding hydrogens is 328 g/mol. The van der Waals surface area contributed by atoms with Crippen molar-refractivity contribution < 1.29 is 4.74 Å². The number of nitrogens with zero attached hydrogens (tertiary/aromatic N) is 1. The minimum absolute atomic E-state index is 0.495. The maximum Gasteiger partial charge on any atom is 0.173 e. The number of rotatable bonds is 5. The maximum atomic E-state index is 5.79. The van der Waals surface area contributed by atoms with Gasteiger partial charge < -0.3 is 15.0 Å². The Morgan fingerprint density at radius 1 is 1.16 bits per heavy atom. The standard InChI is InChI=1S/C21H26N2OS/c1-16-8-7-10-18(14-16)22-21(25)23(19-11-4-5-12-19)15-17-9-3-6-13-20(17)24-2/h3,6-10,13-14,19H,4-5,11-12,15H2,1-2H3,(H,22,25). The molecule has 2 aromatic rings. The van der Waals surface area contributed by atoms with Crippen molar-refractivity contribution in [2.75, 3.05) is 12.4 Å². The summed E-state index contributed by atoms with van der Waals surface area (Å²) in [6.07, 6.45) is 4.95. The van der Waals surface area contributed by atoms with E-state index in [0.29, 0.717) is 6.04 Å². The second-order valence-corrected chi connectivity index (χ2v) is 7.06. The van der Waals surface area contributed by atoms with Crippen LogP contribution in [-0.4, -0.2) is 23.2 Å². The SMILES string of the molecule is COc1ccccc1CN(C(=S)Nc1cccc(C)c1)C1CCCC1. The van der Waals surface area contributed by atoms with Crippen LogP contribution in [0.15, 0.2) is 48.5 Å². The highest BCUT2D eigenvalue weighted by molar-refractivity contribution is 7.80. The zero-order valence-electron chi connectivity index (χ0n) is 15.0. The lowest BCUT2D eigenvalue weighted by atomic mass is 10.1. The molecule has 25 heavy (non-hydrogen) atoms. The van der Waals surface area contributed by atoms with Crippen LogP contribution in [0, 0.1) is 6.92 Å². The predicted octanol–water partition coefficient (Wildman–Crippen LogP) is 5.15. The molecule has 0 bridgehead atoms. The van der Waals surface area contributed by atoms with Crippen LogP contribution in [0.25, 0.3) is 0 Å². The van der Waals surface area contributed by atoms with Gasteiger partial charge in [0.25, 0.3) is 0 Å². The monoisotopic (exact) mass is 354 g/mol. The van der Waals surface area contributed by atoms with Gasteiger partial charge >= 0.3 is 0 Å². The summed E-state index contributed by atoms with van der Waals surface area (Å²) in [4.78, 5) is 2.34. The molecule has 1 aliphatic carbocycles. The third-order valence-corrected chi connectivity index (χ3v) is 5.17. The van der Waals surface area contributed by atoms with Crippen molar-refractivity contribution in [1.82, 2.24) is 4.90 Å². The Morgan fingerprint density at radius 3 is 2.64 bits per heavy atom. The molecule has 0 unspecified atom stereocenters. The van der Waals surface area contributed by atoms with Crippen LogP contribution < -0.4 is 10.1 Å². The van der Waals surface area contributed by atoms with Crippen LogP contribution >= 0.6 is 12.2 Å². The molecule has 0 spiro atoms. The fourth-order valence-electron chi connectivity index (χ4n) is 3.52. The molecule has 0 heterocycles. The summed E-state index contributed by atoms with van der Waals surface area (Å²) in [6.45, 7) is 2.87. The number of anilines is 1. The van der Waals surface area contributed by atoms with Gasteiger partial charge in [-0.05, 0) is 55.7 Å². The van der Waals surface area contributed by atoms with Gasteiger partial charge in [0.2, 0.25) is 0 Å². The van der Waals surface area contributed by atoms with Gasteiger partial charge in [-0.15, -0.1) is 0 Å². The summed E-state index contributed by atoms with van der Waals surface area (Å²) in [5.74, 6) is 0.920. The second kappa shape index (κ2) is 8.34. The Balaban J connectivity index is 1.80. The molecule has 4 heteroatoms. The second-order valence-electron chi connectivity index (χ2n) is 6.68. The number of aryl methyl sites for hydroxylation is 1. The van der Waals surface area contributed by atoms with Gasteiger partial charge in [0.05, 0.1) is 7.11 Å². The van der Waals surface area contributed by atoms with E-state index in [4.69, 9.17) is 17.0 Å². The summed E-state index contributed by atoms with van der Waals surface area (Å²) in [6, 6.07) is 17.0. The van der Waals surface area contributed by atoms with E-state index in [1.807, 2.05) is 12.1 Å². The predicted molar refractivity (Wildman–Crippen MR) is 108 cm³/mol. The van der Waals surface area contributed by atoms with E-state index in [9.17, 15) is 0 Å². The number of hydrogen-bond donors (Lipinski definition) is 1. The molecule has 0 amide bonds. The zero-order valence-corrected chi connectivity index (χ0v) is 15.8. The quantitative estimate of drug-likeness (QED) is 0.751. The average Bonchev–Trinajstić information content (AvgIpc) is 3.14. The topological polar surface area (TPSA) is 24.5 Å². The molecule has 1 saturated carbocycles. The molecule has 3 nitrogen and oxygen atoms in total. The first kappa shape index (κ1) is 17.7. The average molecular weight is 355 g/mol. The number of nitrogens with one attached hydrogen (secondary N) is 1. The van der Waals surface area contributed by atoms with Crippen LogP contribution in [0.5, 0.6) is 5.75 Å². The van der Waals surface area contributed by atoms with Gasteiger partial charge in [-0.1, -0.05) is 43.2 Å². The van der Waals surface area contributed by atoms with Crippen LogP contribution in [0.2, 0.25) is 0 Å². The Morgan fingerprint density at radius 2 is 1.92 bits per heavy atom. The Hall–Kier alpha value is -2.07. The van der Waals surface area contributed by atoms with Crippen molar-refractivity contribution in [3.05, 3.63) is 59.7 Å². The van der Waals surface area contributed by atoms with Crippen LogP contribution in [0.4, 0.5) is 5.69 Å². The summed E-state index contributed by atoms with van der Waals surface area (Å²) in [7, 11) is 1.72. The van der Waals surface area contributed by atoms with Crippen molar-refractivity contribution in [2.24, 2.45) is 0 Å². The van der Waals surface area contributed by atoms with Gasteiger partial charge in [0, 0.05) is 23.8 Å². The van der Waals surface area contributed by atoms with Crippen molar-refractivity contribution in [3.8, 4) is 5.75 Å². The lowest BCUT2D eigenvalue weighted by Gasteiger charge is -2.32.